The number of rotatable bonds is 3. The number of esters is 2. The molecule has 1 unspecified atom stereocenters. The van der Waals surface area contributed by atoms with Crippen molar-refractivity contribution in [2.24, 2.45) is 5.92 Å². The van der Waals surface area contributed by atoms with Crippen molar-refractivity contribution in [1.29, 1.82) is 5.26 Å². The van der Waals surface area contributed by atoms with Crippen LogP contribution in [-0.2, 0) is 19.1 Å². The van der Waals surface area contributed by atoms with Crippen molar-refractivity contribution in [3.05, 3.63) is 11.1 Å². The van der Waals surface area contributed by atoms with Crippen LogP contribution in [0.5, 0.6) is 0 Å². The second kappa shape index (κ2) is 7.57. The molecule has 0 heterocycles. The predicted octanol–water partition coefficient (Wildman–Crippen LogP) is 2.12. The average Bonchev–Trinajstić information content (AvgIpc) is 2.65. The van der Waals surface area contributed by atoms with Gasteiger partial charge in [0.15, 0.2) is 0 Å². The molecule has 1 aliphatic rings. The van der Waals surface area contributed by atoms with Crippen molar-refractivity contribution in [3.63, 3.8) is 0 Å². The van der Waals surface area contributed by atoms with Gasteiger partial charge in [0.1, 0.15) is 11.6 Å². The van der Waals surface area contributed by atoms with Crippen LogP contribution in [0.2, 0.25) is 0 Å². The Hall–Kier alpha value is -1.83. The first-order chi connectivity index (χ1) is 9.15. The van der Waals surface area contributed by atoms with E-state index in [2.05, 4.69) is 0 Å². The van der Waals surface area contributed by atoms with E-state index in [1.165, 1.54) is 7.11 Å². The number of hydrogen-bond acceptors (Lipinski definition) is 5. The van der Waals surface area contributed by atoms with Gasteiger partial charge in [-0.15, -0.1) is 0 Å². The summed E-state index contributed by atoms with van der Waals surface area (Å²) >= 11 is 0. The van der Waals surface area contributed by atoms with Gasteiger partial charge in [-0.2, -0.15) is 5.26 Å². The molecule has 0 aromatic carbocycles. The van der Waals surface area contributed by atoms with Gasteiger partial charge in [-0.1, -0.05) is 12.8 Å². The Kier molecular flexibility index (Phi) is 6.07. The highest BCUT2D eigenvalue weighted by molar-refractivity contribution is 5.95. The van der Waals surface area contributed by atoms with Crippen LogP contribution in [-0.4, -0.2) is 25.7 Å². The first-order valence-corrected chi connectivity index (χ1v) is 6.53. The maximum atomic E-state index is 11.8. The van der Waals surface area contributed by atoms with Crippen LogP contribution < -0.4 is 0 Å². The summed E-state index contributed by atoms with van der Waals surface area (Å²) in [6.07, 6.45) is 3.94. The standard InChI is InChI=1S/C14H19NO4/c1-3-19-14(17)12(9-15)10-7-5-4-6-8-11(10)13(16)18-2/h11H,3-8H2,1-2H3/b12-10-. The number of carbonyl (C=O) groups excluding carboxylic acids is 2. The molecule has 1 saturated carbocycles. The van der Waals surface area contributed by atoms with Gasteiger partial charge in [0, 0.05) is 0 Å². The molecule has 1 fully saturated rings. The van der Waals surface area contributed by atoms with E-state index < -0.39 is 11.9 Å². The Morgan fingerprint density at radius 1 is 1.37 bits per heavy atom. The van der Waals surface area contributed by atoms with E-state index in [4.69, 9.17) is 9.47 Å². The lowest BCUT2D eigenvalue weighted by Gasteiger charge is -2.16. The van der Waals surface area contributed by atoms with Crippen molar-refractivity contribution >= 4 is 11.9 Å². The fraction of sp³-hybridized carbons (Fsp3) is 0.643. The van der Waals surface area contributed by atoms with Gasteiger partial charge < -0.3 is 9.47 Å². The molecule has 0 saturated heterocycles. The molecule has 0 amide bonds. The second-order valence-electron chi connectivity index (χ2n) is 4.41. The van der Waals surface area contributed by atoms with Gasteiger partial charge in [0.05, 0.1) is 19.6 Å². The van der Waals surface area contributed by atoms with E-state index in [0.717, 1.165) is 19.3 Å². The lowest BCUT2D eigenvalue weighted by atomic mass is 9.90. The van der Waals surface area contributed by atoms with Crippen molar-refractivity contribution in [1.82, 2.24) is 0 Å². The first kappa shape index (κ1) is 15.2. The van der Waals surface area contributed by atoms with E-state index in [1.807, 2.05) is 6.07 Å². The van der Waals surface area contributed by atoms with Crippen LogP contribution >= 0.6 is 0 Å². The molecule has 0 N–H and O–H groups in total. The van der Waals surface area contributed by atoms with Crippen molar-refractivity contribution in [2.45, 2.75) is 39.0 Å². The summed E-state index contributed by atoms with van der Waals surface area (Å²) in [4.78, 5) is 23.6. The number of nitriles is 1. The van der Waals surface area contributed by atoms with E-state index in [9.17, 15) is 14.9 Å². The van der Waals surface area contributed by atoms with Crippen LogP contribution in [0, 0.1) is 17.2 Å². The van der Waals surface area contributed by atoms with Gasteiger partial charge in [-0.05, 0) is 31.8 Å². The number of methoxy groups -OCH3 is 1. The zero-order valence-electron chi connectivity index (χ0n) is 11.4. The van der Waals surface area contributed by atoms with Crippen molar-refractivity contribution in [3.8, 4) is 6.07 Å². The number of nitrogens with zero attached hydrogens (tertiary/aromatic N) is 1. The molecule has 0 spiro atoms. The average molecular weight is 265 g/mol. The summed E-state index contributed by atoms with van der Waals surface area (Å²) in [7, 11) is 1.32. The Labute approximate surface area is 113 Å². The summed E-state index contributed by atoms with van der Waals surface area (Å²) in [5, 5.41) is 9.18. The monoisotopic (exact) mass is 265 g/mol. The van der Waals surface area contributed by atoms with Gasteiger partial charge in [-0.25, -0.2) is 4.79 Å². The molecule has 0 aromatic rings. The summed E-state index contributed by atoms with van der Waals surface area (Å²) in [6.45, 7) is 1.89. The third-order valence-corrected chi connectivity index (χ3v) is 3.26. The minimum Gasteiger partial charge on any atom is -0.469 e. The van der Waals surface area contributed by atoms with Gasteiger partial charge in [0.2, 0.25) is 0 Å². The molecule has 19 heavy (non-hydrogen) atoms. The quantitative estimate of drug-likeness (QED) is 0.338. The SMILES string of the molecule is CCOC(=O)/C(C#N)=C1/CCCCCC1C(=O)OC. The molecule has 0 aromatic heterocycles. The summed E-state index contributed by atoms with van der Waals surface area (Å²) in [5.74, 6) is -1.52. The molecular formula is C14H19NO4. The molecular weight excluding hydrogens is 246 g/mol. The second-order valence-corrected chi connectivity index (χ2v) is 4.41. The Morgan fingerprint density at radius 2 is 2.11 bits per heavy atom. The first-order valence-electron chi connectivity index (χ1n) is 6.53. The third kappa shape index (κ3) is 3.82. The molecule has 1 atom stereocenters. The molecule has 0 radical (unpaired) electrons. The fourth-order valence-corrected chi connectivity index (χ4v) is 2.34. The zero-order valence-corrected chi connectivity index (χ0v) is 11.4. The van der Waals surface area contributed by atoms with Crippen LogP contribution in [0.3, 0.4) is 0 Å². The molecule has 0 aliphatic heterocycles. The highest BCUT2D eigenvalue weighted by Gasteiger charge is 2.30. The van der Waals surface area contributed by atoms with Gasteiger partial charge in [-0.3, -0.25) is 4.79 Å². The highest BCUT2D eigenvalue weighted by Crippen LogP contribution is 2.31. The van der Waals surface area contributed by atoms with Gasteiger partial charge in [0.25, 0.3) is 0 Å². The maximum absolute atomic E-state index is 11.8. The van der Waals surface area contributed by atoms with E-state index in [0.29, 0.717) is 18.4 Å². The number of ether oxygens (including phenoxy) is 2. The van der Waals surface area contributed by atoms with E-state index in [-0.39, 0.29) is 18.1 Å². The largest absolute Gasteiger partial charge is 0.469 e. The van der Waals surface area contributed by atoms with Crippen molar-refractivity contribution < 1.29 is 19.1 Å². The molecule has 1 aliphatic carbocycles. The van der Waals surface area contributed by atoms with Gasteiger partial charge >= 0.3 is 11.9 Å². The van der Waals surface area contributed by atoms with Crippen LogP contribution in [0.1, 0.15) is 39.0 Å². The molecule has 5 heteroatoms. The Balaban J connectivity index is 3.15. The smallest absolute Gasteiger partial charge is 0.348 e. The van der Waals surface area contributed by atoms with E-state index in [1.54, 1.807) is 6.92 Å². The van der Waals surface area contributed by atoms with E-state index >= 15 is 0 Å². The minimum absolute atomic E-state index is 0.0286. The Bertz CT molecular complexity index is 420. The molecule has 104 valence electrons. The third-order valence-electron chi connectivity index (χ3n) is 3.26. The number of hydrogen-bond donors (Lipinski definition) is 0. The molecule has 0 bridgehead atoms. The Morgan fingerprint density at radius 3 is 2.68 bits per heavy atom. The summed E-state index contributed by atoms with van der Waals surface area (Å²) < 4.78 is 9.65. The minimum atomic E-state index is -0.643. The van der Waals surface area contributed by atoms with Crippen LogP contribution in [0.25, 0.3) is 0 Å². The summed E-state index contributed by atoms with van der Waals surface area (Å²) in [5.41, 5.74) is 0.546. The molecule has 5 nitrogen and oxygen atoms in total. The fourth-order valence-electron chi connectivity index (χ4n) is 2.34. The lowest BCUT2D eigenvalue weighted by molar-refractivity contribution is -0.144. The normalized spacial score (nSPS) is 21.8. The highest BCUT2D eigenvalue weighted by atomic mass is 16.5. The maximum Gasteiger partial charge on any atom is 0.348 e. The topological polar surface area (TPSA) is 76.4 Å². The number of carbonyl (C=O) groups is 2. The van der Waals surface area contributed by atoms with Crippen molar-refractivity contribution in [2.75, 3.05) is 13.7 Å². The van der Waals surface area contributed by atoms with Crippen LogP contribution in [0.4, 0.5) is 0 Å². The zero-order chi connectivity index (χ0) is 14.3. The lowest BCUT2D eigenvalue weighted by Crippen LogP contribution is -2.21. The van der Waals surface area contributed by atoms with Crippen LogP contribution in [0.15, 0.2) is 11.1 Å². The molecule has 1 rings (SSSR count). The summed E-state index contributed by atoms with van der Waals surface area (Å²) in [6, 6.07) is 1.89. The predicted molar refractivity (Wildman–Crippen MR) is 67.9 cm³/mol.